The van der Waals surface area contributed by atoms with E-state index < -0.39 is 0 Å². The molecule has 3 N–H and O–H groups in total. The SMILES string of the molecule is C[C@@H](Sc1n[nH]c(-c2ccccc2)n1)C(N)=O. The summed E-state index contributed by atoms with van der Waals surface area (Å²) in [6.45, 7) is 1.73. The van der Waals surface area contributed by atoms with E-state index in [4.69, 9.17) is 5.73 Å². The number of hydrogen-bond acceptors (Lipinski definition) is 4. The molecule has 0 aliphatic heterocycles. The molecule has 1 amide bonds. The number of amides is 1. The molecular weight excluding hydrogens is 236 g/mol. The van der Waals surface area contributed by atoms with Crippen molar-refractivity contribution >= 4 is 17.7 Å². The van der Waals surface area contributed by atoms with Gasteiger partial charge in [-0.1, -0.05) is 42.1 Å². The number of nitrogens with two attached hydrogens (primary N) is 1. The molecule has 0 aliphatic rings. The molecule has 17 heavy (non-hydrogen) atoms. The third-order valence-corrected chi connectivity index (χ3v) is 3.17. The van der Waals surface area contributed by atoms with Gasteiger partial charge in [0.2, 0.25) is 11.1 Å². The Morgan fingerprint density at radius 3 is 2.76 bits per heavy atom. The standard InChI is InChI=1S/C11H12N4OS/c1-7(9(12)16)17-11-13-10(14-15-11)8-5-3-2-4-6-8/h2-7H,1H3,(H2,12,16)(H,13,14,15)/t7-/m1/s1. The quantitative estimate of drug-likeness (QED) is 0.802. The van der Waals surface area contributed by atoms with E-state index >= 15 is 0 Å². The maximum Gasteiger partial charge on any atom is 0.230 e. The molecule has 88 valence electrons. The Morgan fingerprint density at radius 2 is 2.12 bits per heavy atom. The molecule has 0 aliphatic carbocycles. The van der Waals surface area contributed by atoms with Crippen molar-refractivity contribution in [1.29, 1.82) is 0 Å². The Kier molecular flexibility index (Phi) is 3.43. The average Bonchev–Trinajstić information content (AvgIpc) is 2.78. The minimum Gasteiger partial charge on any atom is -0.369 e. The van der Waals surface area contributed by atoms with E-state index in [0.717, 1.165) is 5.56 Å². The van der Waals surface area contributed by atoms with Crippen LogP contribution in [0.1, 0.15) is 6.92 Å². The van der Waals surface area contributed by atoms with E-state index in [1.807, 2.05) is 30.3 Å². The Hall–Kier alpha value is -1.82. The minimum atomic E-state index is -0.374. The van der Waals surface area contributed by atoms with E-state index in [-0.39, 0.29) is 11.2 Å². The number of carbonyl (C=O) groups is 1. The largest absolute Gasteiger partial charge is 0.369 e. The Bertz CT molecular complexity index is 511. The number of carbonyl (C=O) groups excluding carboxylic acids is 1. The van der Waals surface area contributed by atoms with E-state index in [2.05, 4.69) is 15.2 Å². The van der Waals surface area contributed by atoms with Crippen LogP contribution in [0, 0.1) is 0 Å². The highest BCUT2D eigenvalue weighted by Crippen LogP contribution is 2.21. The van der Waals surface area contributed by atoms with Gasteiger partial charge in [0.25, 0.3) is 0 Å². The monoisotopic (exact) mass is 248 g/mol. The average molecular weight is 248 g/mol. The number of nitrogens with one attached hydrogen (secondary N) is 1. The van der Waals surface area contributed by atoms with Gasteiger partial charge in [-0.15, -0.1) is 5.10 Å². The van der Waals surface area contributed by atoms with Crippen LogP contribution in [-0.2, 0) is 4.79 Å². The lowest BCUT2D eigenvalue weighted by molar-refractivity contribution is -0.117. The summed E-state index contributed by atoms with van der Waals surface area (Å²) in [7, 11) is 0. The van der Waals surface area contributed by atoms with Gasteiger partial charge in [0, 0.05) is 5.56 Å². The fraction of sp³-hybridized carbons (Fsp3) is 0.182. The van der Waals surface area contributed by atoms with E-state index in [1.54, 1.807) is 6.92 Å². The second kappa shape index (κ2) is 5.01. The predicted octanol–water partition coefficient (Wildman–Crippen LogP) is 1.44. The van der Waals surface area contributed by atoms with Crippen LogP contribution in [-0.4, -0.2) is 26.3 Å². The van der Waals surface area contributed by atoms with Crippen molar-refractivity contribution in [3.8, 4) is 11.4 Å². The molecule has 1 aromatic carbocycles. The van der Waals surface area contributed by atoms with Crippen LogP contribution in [0.2, 0.25) is 0 Å². The lowest BCUT2D eigenvalue weighted by Gasteiger charge is -2.01. The maximum atomic E-state index is 10.9. The Balaban J connectivity index is 2.14. The molecule has 2 aromatic rings. The number of rotatable bonds is 4. The number of H-pyrrole nitrogens is 1. The molecule has 0 radical (unpaired) electrons. The third kappa shape index (κ3) is 2.85. The van der Waals surface area contributed by atoms with Gasteiger partial charge >= 0.3 is 0 Å². The maximum absolute atomic E-state index is 10.9. The van der Waals surface area contributed by atoms with Crippen molar-refractivity contribution in [2.24, 2.45) is 5.73 Å². The molecule has 1 atom stereocenters. The van der Waals surface area contributed by atoms with E-state index in [9.17, 15) is 4.79 Å². The number of thioether (sulfide) groups is 1. The lowest BCUT2D eigenvalue weighted by atomic mass is 10.2. The van der Waals surface area contributed by atoms with Gasteiger partial charge in [0.1, 0.15) is 0 Å². The topological polar surface area (TPSA) is 84.7 Å². The molecule has 0 spiro atoms. The highest BCUT2D eigenvalue weighted by molar-refractivity contribution is 8.00. The van der Waals surface area contributed by atoms with Crippen LogP contribution in [0.3, 0.4) is 0 Å². The molecule has 0 unspecified atom stereocenters. The minimum absolute atomic E-state index is 0.338. The number of primary amides is 1. The van der Waals surface area contributed by atoms with E-state index in [0.29, 0.717) is 11.0 Å². The number of aromatic nitrogens is 3. The third-order valence-electron chi connectivity index (χ3n) is 2.19. The van der Waals surface area contributed by atoms with Gasteiger partial charge in [-0.3, -0.25) is 9.89 Å². The molecule has 0 bridgehead atoms. The van der Waals surface area contributed by atoms with Crippen molar-refractivity contribution < 1.29 is 4.79 Å². The summed E-state index contributed by atoms with van der Waals surface area (Å²) >= 11 is 1.24. The second-order valence-corrected chi connectivity index (χ2v) is 4.80. The molecule has 0 fully saturated rings. The first-order valence-electron chi connectivity index (χ1n) is 5.10. The summed E-state index contributed by atoms with van der Waals surface area (Å²) in [4.78, 5) is 15.2. The summed E-state index contributed by atoms with van der Waals surface area (Å²) in [6, 6.07) is 9.66. The van der Waals surface area contributed by atoms with Crippen molar-refractivity contribution in [2.45, 2.75) is 17.3 Å². The smallest absolute Gasteiger partial charge is 0.230 e. The molecule has 6 heteroatoms. The molecule has 5 nitrogen and oxygen atoms in total. The van der Waals surface area contributed by atoms with Crippen LogP contribution >= 0.6 is 11.8 Å². The highest BCUT2D eigenvalue weighted by Gasteiger charge is 2.14. The van der Waals surface area contributed by atoms with Crippen molar-refractivity contribution in [1.82, 2.24) is 15.2 Å². The van der Waals surface area contributed by atoms with Gasteiger partial charge in [0.05, 0.1) is 5.25 Å². The van der Waals surface area contributed by atoms with Crippen LogP contribution in [0.4, 0.5) is 0 Å². The van der Waals surface area contributed by atoms with Gasteiger partial charge in [-0.05, 0) is 6.92 Å². The summed E-state index contributed by atoms with van der Waals surface area (Å²) < 4.78 is 0. The number of aromatic amines is 1. The van der Waals surface area contributed by atoms with Gasteiger partial charge < -0.3 is 5.73 Å². The summed E-state index contributed by atoms with van der Waals surface area (Å²) in [6.07, 6.45) is 0. The number of benzene rings is 1. The lowest BCUT2D eigenvalue weighted by Crippen LogP contribution is -2.22. The van der Waals surface area contributed by atoms with Crippen molar-refractivity contribution in [3.05, 3.63) is 30.3 Å². The molecular formula is C11H12N4OS. The first-order chi connectivity index (χ1) is 8.16. The molecule has 1 heterocycles. The second-order valence-electron chi connectivity index (χ2n) is 3.50. The van der Waals surface area contributed by atoms with Crippen molar-refractivity contribution in [3.63, 3.8) is 0 Å². The van der Waals surface area contributed by atoms with Crippen LogP contribution in [0.25, 0.3) is 11.4 Å². The fourth-order valence-electron chi connectivity index (χ4n) is 1.24. The summed E-state index contributed by atoms with van der Waals surface area (Å²) in [5.41, 5.74) is 6.13. The number of nitrogens with zero attached hydrogens (tertiary/aromatic N) is 2. The fourth-order valence-corrected chi connectivity index (χ4v) is 1.92. The highest BCUT2D eigenvalue weighted by atomic mass is 32.2. The molecule has 0 saturated heterocycles. The zero-order chi connectivity index (χ0) is 12.3. The van der Waals surface area contributed by atoms with Gasteiger partial charge in [-0.2, -0.15) is 0 Å². The van der Waals surface area contributed by atoms with Crippen LogP contribution in [0.15, 0.2) is 35.5 Å². The van der Waals surface area contributed by atoms with Gasteiger partial charge in [0.15, 0.2) is 5.82 Å². The number of hydrogen-bond donors (Lipinski definition) is 2. The first-order valence-corrected chi connectivity index (χ1v) is 5.98. The first kappa shape index (κ1) is 11.7. The molecule has 2 rings (SSSR count). The molecule has 1 aromatic heterocycles. The Morgan fingerprint density at radius 1 is 1.41 bits per heavy atom. The molecule has 0 saturated carbocycles. The van der Waals surface area contributed by atoms with Crippen molar-refractivity contribution in [2.75, 3.05) is 0 Å². The van der Waals surface area contributed by atoms with E-state index in [1.165, 1.54) is 11.8 Å². The zero-order valence-corrected chi connectivity index (χ0v) is 10.1. The van der Waals surface area contributed by atoms with Crippen LogP contribution < -0.4 is 5.73 Å². The summed E-state index contributed by atoms with van der Waals surface area (Å²) in [5.74, 6) is 0.311. The zero-order valence-electron chi connectivity index (χ0n) is 9.25. The van der Waals surface area contributed by atoms with Gasteiger partial charge in [-0.25, -0.2) is 4.98 Å². The Labute approximate surface area is 103 Å². The van der Waals surface area contributed by atoms with Crippen LogP contribution in [0.5, 0.6) is 0 Å². The normalized spacial score (nSPS) is 12.3. The summed E-state index contributed by atoms with van der Waals surface area (Å²) in [5, 5.41) is 7.05. The predicted molar refractivity (Wildman–Crippen MR) is 66.3 cm³/mol.